The van der Waals surface area contributed by atoms with Gasteiger partial charge in [0.15, 0.2) is 0 Å². The van der Waals surface area contributed by atoms with Gasteiger partial charge in [-0.05, 0) is 37.9 Å². The van der Waals surface area contributed by atoms with E-state index in [-0.39, 0.29) is 10.8 Å². The first-order chi connectivity index (χ1) is 9.00. The molecule has 0 unspecified atom stereocenters. The second-order valence-electron chi connectivity index (χ2n) is 7.03. The average molecular weight is 401 g/mol. The molecular weight excluding hydrogens is 382 g/mol. The molecule has 0 spiro atoms. The molecule has 0 fully saturated rings. The second kappa shape index (κ2) is 5.02. The lowest BCUT2D eigenvalue weighted by Gasteiger charge is -2.24. The van der Waals surface area contributed by atoms with Gasteiger partial charge in [-0.2, -0.15) is 0 Å². The zero-order chi connectivity index (χ0) is 15.3. The first kappa shape index (κ1) is 15.8. The van der Waals surface area contributed by atoms with Crippen LogP contribution >= 0.6 is 31.9 Å². The molecule has 0 aliphatic heterocycles. The van der Waals surface area contributed by atoms with Crippen molar-refractivity contribution < 1.29 is 0 Å². The lowest BCUT2D eigenvalue weighted by molar-refractivity contribution is 0.520. The maximum Gasteiger partial charge on any atom is 0.134 e. The molecule has 0 bridgehead atoms. The predicted molar refractivity (Wildman–Crippen MR) is 90.1 cm³/mol. The van der Waals surface area contributed by atoms with Gasteiger partial charge in [0.2, 0.25) is 0 Å². The summed E-state index contributed by atoms with van der Waals surface area (Å²) in [7, 11) is 0. The molecule has 0 atom stereocenters. The topological polar surface area (TPSA) is 38.7 Å². The first-order valence-electron chi connectivity index (χ1n) is 6.55. The minimum atomic E-state index is -0.0965. The third-order valence-corrected chi connectivity index (χ3v) is 3.95. The van der Waals surface area contributed by atoms with Gasteiger partial charge in [-0.1, -0.05) is 41.5 Å². The summed E-state index contributed by atoms with van der Waals surface area (Å²) in [6.45, 7) is 12.9. The lowest BCUT2D eigenvalue weighted by atomic mass is 9.88. The van der Waals surface area contributed by atoms with Gasteiger partial charge < -0.3 is 0 Å². The van der Waals surface area contributed by atoms with Gasteiger partial charge in [0.05, 0.1) is 5.69 Å². The van der Waals surface area contributed by atoms with E-state index >= 15 is 0 Å². The molecule has 2 aromatic heterocycles. The van der Waals surface area contributed by atoms with Gasteiger partial charge in [0.25, 0.3) is 0 Å². The molecule has 0 aromatic carbocycles. The van der Waals surface area contributed by atoms with Gasteiger partial charge in [0, 0.05) is 16.2 Å². The number of aromatic nitrogens is 3. The Labute approximate surface area is 136 Å². The summed E-state index contributed by atoms with van der Waals surface area (Å²) in [5, 5.41) is 1.04. The maximum absolute atomic E-state index is 4.85. The third-order valence-electron chi connectivity index (χ3n) is 2.99. The Hall–Kier alpha value is -0.550. The van der Waals surface area contributed by atoms with E-state index < -0.39 is 0 Å². The Morgan fingerprint density at radius 1 is 0.850 bits per heavy atom. The summed E-state index contributed by atoms with van der Waals surface area (Å²) in [6.07, 6.45) is 0. The Morgan fingerprint density at radius 3 is 1.95 bits per heavy atom. The number of halogens is 2. The second-order valence-corrected chi connectivity index (χ2v) is 8.59. The van der Waals surface area contributed by atoms with Crippen LogP contribution in [0.3, 0.4) is 0 Å². The van der Waals surface area contributed by atoms with Crippen LogP contribution in [0.4, 0.5) is 0 Å². The highest BCUT2D eigenvalue weighted by molar-refractivity contribution is 9.11. The zero-order valence-electron chi connectivity index (χ0n) is 12.7. The van der Waals surface area contributed by atoms with E-state index in [0.29, 0.717) is 0 Å². The Balaban J connectivity index is 2.93. The SMILES string of the molecule is CC(C)(C)c1nc(C(C)(C)C)c2cc(Br)nc(Br)c2n1. The van der Waals surface area contributed by atoms with Crippen LogP contribution in [-0.4, -0.2) is 15.0 Å². The van der Waals surface area contributed by atoms with Crippen LogP contribution in [0.5, 0.6) is 0 Å². The van der Waals surface area contributed by atoms with Crippen molar-refractivity contribution in [1.82, 2.24) is 15.0 Å². The molecule has 0 N–H and O–H groups in total. The standard InChI is InChI=1S/C15H19Br2N3/c1-14(2,3)11-8-7-9(16)18-12(17)10(8)19-13(20-11)15(4,5)6/h7H,1-6H3. The van der Waals surface area contributed by atoms with Crippen molar-refractivity contribution in [2.45, 2.75) is 52.4 Å². The Kier molecular flexibility index (Phi) is 3.97. The van der Waals surface area contributed by atoms with E-state index in [1.807, 2.05) is 6.07 Å². The summed E-state index contributed by atoms with van der Waals surface area (Å²) in [5.41, 5.74) is 1.77. The number of hydrogen-bond donors (Lipinski definition) is 0. The summed E-state index contributed by atoms with van der Waals surface area (Å²) in [5.74, 6) is 0.847. The Bertz CT molecular complexity index is 667. The molecule has 0 saturated carbocycles. The van der Waals surface area contributed by atoms with Crippen molar-refractivity contribution in [2.75, 3.05) is 0 Å². The molecule has 5 heteroatoms. The highest BCUT2D eigenvalue weighted by Gasteiger charge is 2.26. The summed E-state index contributed by atoms with van der Waals surface area (Å²) in [4.78, 5) is 14.0. The van der Waals surface area contributed by atoms with Crippen molar-refractivity contribution in [3.05, 3.63) is 26.8 Å². The van der Waals surface area contributed by atoms with Gasteiger partial charge in [-0.3, -0.25) is 0 Å². The van der Waals surface area contributed by atoms with Crippen molar-refractivity contribution >= 4 is 42.8 Å². The molecule has 2 aromatic rings. The molecule has 0 radical (unpaired) electrons. The highest BCUT2D eigenvalue weighted by atomic mass is 79.9. The smallest absolute Gasteiger partial charge is 0.134 e. The van der Waals surface area contributed by atoms with Crippen LogP contribution in [0, 0.1) is 0 Å². The molecule has 0 aliphatic rings. The van der Waals surface area contributed by atoms with Crippen LogP contribution in [0.2, 0.25) is 0 Å². The van der Waals surface area contributed by atoms with Crippen molar-refractivity contribution in [3.63, 3.8) is 0 Å². The van der Waals surface area contributed by atoms with Crippen molar-refractivity contribution in [3.8, 4) is 0 Å². The Morgan fingerprint density at radius 2 is 1.45 bits per heavy atom. The highest BCUT2D eigenvalue weighted by Crippen LogP contribution is 2.34. The molecule has 2 rings (SSSR count). The third kappa shape index (κ3) is 3.03. The van der Waals surface area contributed by atoms with Crippen LogP contribution in [0.1, 0.15) is 53.1 Å². The largest absolute Gasteiger partial charge is 0.236 e. The van der Waals surface area contributed by atoms with Gasteiger partial charge in [0.1, 0.15) is 20.5 Å². The number of rotatable bonds is 0. The number of nitrogens with zero attached hydrogens (tertiary/aromatic N) is 3. The van der Waals surface area contributed by atoms with Crippen LogP contribution < -0.4 is 0 Å². The minimum Gasteiger partial charge on any atom is -0.236 e. The number of pyridine rings is 1. The maximum atomic E-state index is 4.85. The van der Waals surface area contributed by atoms with Crippen LogP contribution in [-0.2, 0) is 10.8 Å². The predicted octanol–water partition coefficient (Wildman–Crippen LogP) is 5.14. The van der Waals surface area contributed by atoms with Gasteiger partial charge in [-0.15, -0.1) is 0 Å². The number of hydrogen-bond acceptors (Lipinski definition) is 3. The molecule has 0 aliphatic carbocycles. The fourth-order valence-electron chi connectivity index (χ4n) is 1.97. The molecule has 0 saturated heterocycles. The van der Waals surface area contributed by atoms with E-state index in [9.17, 15) is 0 Å². The molecule has 2 heterocycles. The van der Waals surface area contributed by atoms with E-state index in [1.54, 1.807) is 0 Å². The van der Waals surface area contributed by atoms with E-state index in [4.69, 9.17) is 9.97 Å². The van der Waals surface area contributed by atoms with E-state index in [1.165, 1.54) is 0 Å². The van der Waals surface area contributed by atoms with Crippen LogP contribution in [0.25, 0.3) is 10.9 Å². The summed E-state index contributed by atoms with van der Waals surface area (Å²) < 4.78 is 1.54. The average Bonchev–Trinajstić information content (AvgIpc) is 2.24. The monoisotopic (exact) mass is 399 g/mol. The fourth-order valence-corrected chi connectivity index (χ4v) is 3.11. The van der Waals surface area contributed by atoms with E-state index in [0.717, 1.165) is 31.6 Å². The van der Waals surface area contributed by atoms with Crippen molar-refractivity contribution in [2.24, 2.45) is 0 Å². The molecule has 0 amide bonds. The normalized spacial score (nSPS) is 13.0. The van der Waals surface area contributed by atoms with E-state index in [2.05, 4.69) is 78.4 Å². The van der Waals surface area contributed by atoms with Crippen LogP contribution in [0.15, 0.2) is 15.3 Å². The lowest BCUT2D eigenvalue weighted by Crippen LogP contribution is -2.22. The molecular formula is C15H19Br2N3. The quantitative estimate of drug-likeness (QED) is 0.574. The molecule has 3 nitrogen and oxygen atoms in total. The summed E-state index contributed by atoms with van der Waals surface area (Å²) >= 11 is 6.96. The number of fused-ring (bicyclic) bond motifs is 1. The molecule has 108 valence electrons. The van der Waals surface area contributed by atoms with Gasteiger partial charge in [-0.25, -0.2) is 15.0 Å². The van der Waals surface area contributed by atoms with Crippen molar-refractivity contribution in [1.29, 1.82) is 0 Å². The summed E-state index contributed by atoms with van der Waals surface area (Å²) in [6, 6.07) is 1.99. The fraction of sp³-hybridized carbons (Fsp3) is 0.533. The van der Waals surface area contributed by atoms with Gasteiger partial charge >= 0.3 is 0 Å². The first-order valence-corrected chi connectivity index (χ1v) is 8.13. The minimum absolute atomic E-state index is 0.0541. The zero-order valence-corrected chi connectivity index (χ0v) is 15.8. The molecule has 20 heavy (non-hydrogen) atoms.